The lowest BCUT2D eigenvalue weighted by Crippen LogP contribution is -2.50. The van der Waals surface area contributed by atoms with Crippen LogP contribution in [0.2, 0.25) is 5.02 Å². The van der Waals surface area contributed by atoms with Crippen molar-refractivity contribution in [2.24, 2.45) is 0 Å². The van der Waals surface area contributed by atoms with E-state index in [0.29, 0.717) is 16.5 Å². The quantitative estimate of drug-likeness (QED) is 0.401. The van der Waals surface area contributed by atoms with Crippen molar-refractivity contribution < 1.29 is 22.7 Å². The molecule has 0 bridgehead atoms. The molecule has 0 aliphatic heterocycles. The number of nitrogens with one attached hydrogen (secondary N) is 1. The number of methoxy groups -OCH3 is 1. The van der Waals surface area contributed by atoms with E-state index in [1.54, 1.807) is 48.2 Å². The zero-order valence-electron chi connectivity index (χ0n) is 22.4. The Hall–Kier alpha value is -2.78. The molecule has 0 spiro atoms. The largest absolute Gasteiger partial charge is 0.497 e. The van der Waals surface area contributed by atoms with Gasteiger partial charge in [-0.1, -0.05) is 49.1 Å². The summed E-state index contributed by atoms with van der Waals surface area (Å²) in [6.45, 7) is 2.11. The third-order valence-electron chi connectivity index (χ3n) is 6.88. The van der Waals surface area contributed by atoms with Crippen molar-refractivity contribution >= 4 is 39.1 Å². The number of halogens is 1. The Morgan fingerprint density at radius 1 is 1.11 bits per heavy atom. The first kappa shape index (κ1) is 29.8. The lowest BCUT2D eigenvalue weighted by molar-refractivity contribution is -0.141. The van der Waals surface area contributed by atoms with E-state index in [4.69, 9.17) is 16.3 Å². The van der Waals surface area contributed by atoms with Gasteiger partial charge in [0.15, 0.2) is 0 Å². The highest BCUT2D eigenvalue weighted by atomic mass is 35.5. The van der Waals surface area contributed by atoms with Gasteiger partial charge in [-0.2, -0.15) is 0 Å². The molecular weight excluding hydrogens is 526 g/mol. The van der Waals surface area contributed by atoms with Gasteiger partial charge >= 0.3 is 0 Å². The molecule has 1 aliphatic rings. The number of carbonyl (C=O) groups excluding carboxylic acids is 2. The van der Waals surface area contributed by atoms with Crippen molar-refractivity contribution in [1.29, 1.82) is 0 Å². The van der Waals surface area contributed by atoms with Gasteiger partial charge in [0, 0.05) is 36.6 Å². The van der Waals surface area contributed by atoms with E-state index in [1.807, 2.05) is 12.1 Å². The third kappa shape index (κ3) is 8.63. The normalized spacial score (nSPS) is 14.9. The molecule has 1 atom stereocenters. The van der Waals surface area contributed by atoms with Crippen molar-refractivity contribution in [2.45, 2.75) is 70.5 Å². The summed E-state index contributed by atoms with van der Waals surface area (Å²) in [5.74, 6) is 0.151. The van der Waals surface area contributed by atoms with Gasteiger partial charge in [-0.3, -0.25) is 13.9 Å². The van der Waals surface area contributed by atoms with Gasteiger partial charge in [-0.05, 0) is 56.0 Å². The Morgan fingerprint density at radius 2 is 1.79 bits per heavy atom. The summed E-state index contributed by atoms with van der Waals surface area (Å²) in [4.78, 5) is 28.2. The maximum atomic E-state index is 13.5. The second-order valence-corrected chi connectivity index (χ2v) is 12.2. The minimum atomic E-state index is -3.58. The molecule has 1 fully saturated rings. The van der Waals surface area contributed by atoms with Crippen LogP contribution in [0.4, 0.5) is 5.69 Å². The summed E-state index contributed by atoms with van der Waals surface area (Å²) in [7, 11) is -2.07. The predicted octanol–water partition coefficient (Wildman–Crippen LogP) is 4.76. The lowest BCUT2D eigenvalue weighted by atomic mass is 9.95. The van der Waals surface area contributed by atoms with Crippen molar-refractivity contribution in [3.63, 3.8) is 0 Å². The van der Waals surface area contributed by atoms with Crippen LogP contribution in [0.15, 0.2) is 48.5 Å². The first-order chi connectivity index (χ1) is 18.1. The first-order valence-electron chi connectivity index (χ1n) is 13.0. The maximum Gasteiger partial charge on any atom is 0.242 e. The van der Waals surface area contributed by atoms with Crippen LogP contribution in [0.3, 0.4) is 0 Å². The summed E-state index contributed by atoms with van der Waals surface area (Å²) >= 11 is 6.03. The van der Waals surface area contributed by atoms with E-state index in [9.17, 15) is 18.0 Å². The summed E-state index contributed by atoms with van der Waals surface area (Å²) < 4.78 is 31.5. The number of anilines is 1. The molecule has 0 unspecified atom stereocenters. The average molecular weight is 564 g/mol. The Kier molecular flexibility index (Phi) is 10.8. The molecule has 38 heavy (non-hydrogen) atoms. The SMILES string of the molecule is COc1cccc(N(CCCC(=O)N(Cc2ccc(Cl)cc2)[C@H](C)C(=O)NC2CCCCC2)S(C)(=O)=O)c1. The van der Waals surface area contributed by atoms with Gasteiger partial charge in [0.25, 0.3) is 0 Å². The predicted molar refractivity (Wildman–Crippen MR) is 151 cm³/mol. The number of ether oxygens (including phenoxy) is 1. The number of sulfonamides is 1. The van der Waals surface area contributed by atoms with Crippen molar-refractivity contribution in [2.75, 3.05) is 24.2 Å². The molecule has 1 aliphatic carbocycles. The highest BCUT2D eigenvalue weighted by Crippen LogP contribution is 2.24. The molecule has 2 aromatic carbocycles. The number of amides is 2. The van der Waals surface area contributed by atoms with Crippen LogP contribution >= 0.6 is 11.6 Å². The van der Waals surface area contributed by atoms with E-state index in [1.165, 1.54) is 17.8 Å². The van der Waals surface area contributed by atoms with Crippen molar-refractivity contribution in [3.05, 3.63) is 59.1 Å². The van der Waals surface area contributed by atoms with E-state index in [0.717, 1.165) is 37.5 Å². The number of carbonyl (C=O) groups is 2. The number of hydrogen-bond acceptors (Lipinski definition) is 5. The zero-order chi connectivity index (χ0) is 27.7. The van der Waals surface area contributed by atoms with Crippen LogP contribution < -0.4 is 14.4 Å². The van der Waals surface area contributed by atoms with E-state index >= 15 is 0 Å². The van der Waals surface area contributed by atoms with Crippen LogP contribution in [0, 0.1) is 0 Å². The van der Waals surface area contributed by atoms with Crippen LogP contribution in [-0.4, -0.2) is 57.1 Å². The third-order valence-corrected chi connectivity index (χ3v) is 8.32. The van der Waals surface area contributed by atoms with Crippen molar-refractivity contribution in [1.82, 2.24) is 10.2 Å². The van der Waals surface area contributed by atoms with Crippen LogP contribution in [0.5, 0.6) is 5.75 Å². The van der Waals surface area contributed by atoms with Gasteiger partial charge in [-0.15, -0.1) is 0 Å². The number of rotatable bonds is 12. The number of nitrogens with zero attached hydrogens (tertiary/aromatic N) is 2. The number of hydrogen-bond donors (Lipinski definition) is 1. The average Bonchev–Trinajstić information content (AvgIpc) is 2.90. The standard InChI is InChI=1S/C28H38ClN3O5S/c1-21(28(34)30-24-9-5-4-6-10-24)31(20-22-14-16-23(29)17-15-22)27(33)13-8-18-32(38(3,35)36)25-11-7-12-26(19-25)37-2/h7,11-12,14-17,19,21,24H,4-6,8-10,13,18,20H2,1-3H3,(H,30,34)/t21-/m1/s1. The fourth-order valence-electron chi connectivity index (χ4n) is 4.71. The van der Waals surface area contributed by atoms with Gasteiger partial charge in [-0.25, -0.2) is 8.42 Å². The second kappa shape index (κ2) is 13.8. The Morgan fingerprint density at radius 3 is 2.42 bits per heavy atom. The Balaban J connectivity index is 1.71. The topological polar surface area (TPSA) is 96.0 Å². The van der Waals surface area contributed by atoms with E-state index in [-0.39, 0.29) is 43.8 Å². The van der Waals surface area contributed by atoms with E-state index in [2.05, 4.69) is 5.32 Å². The lowest BCUT2D eigenvalue weighted by Gasteiger charge is -2.31. The van der Waals surface area contributed by atoms with Crippen molar-refractivity contribution in [3.8, 4) is 5.75 Å². The summed E-state index contributed by atoms with van der Waals surface area (Å²) in [5.41, 5.74) is 1.33. The monoisotopic (exact) mass is 563 g/mol. The fourth-order valence-corrected chi connectivity index (χ4v) is 5.79. The zero-order valence-corrected chi connectivity index (χ0v) is 23.9. The minimum Gasteiger partial charge on any atom is -0.497 e. The van der Waals surface area contributed by atoms with E-state index < -0.39 is 16.1 Å². The first-order valence-corrected chi connectivity index (χ1v) is 15.3. The van der Waals surface area contributed by atoms with Gasteiger partial charge < -0.3 is 15.0 Å². The van der Waals surface area contributed by atoms with Crippen LogP contribution in [0.1, 0.15) is 57.4 Å². The molecule has 2 amide bonds. The molecule has 0 heterocycles. The number of benzene rings is 2. The Labute approximate surface area is 231 Å². The maximum absolute atomic E-state index is 13.5. The molecule has 2 aromatic rings. The second-order valence-electron chi connectivity index (χ2n) is 9.81. The van der Waals surface area contributed by atoms with Gasteiger partial charge in [0.05, 0.1) is 19.1 Å². The molecule has 8 nitrogen and oxygen atoms in total. The summed E-state index contributed by atoms with van der Waals surface area (Å²) in [6.07, 6.45) is 6.79. The summed E-state index contributed by atoms with van der Waals surface area (Å²) in [5, 5.41) is 3.71. The molecule has 10 heteroatoms. The van der Waals surface area contributed by atoms with Gasteiger partial charge in [0.1, 0.15) is 11.8 Å². The molecule has 0 aromatic heterocycles. The smallest absolute Gasteiger partial charge is 0.242 e. The highest BCUT2D eigenvalue weighted by molar-refractivity contribution is 7.92. The molecule has 0 radical (unpaired) electrons. The summed E-state index contributed by atoms with van der Waals surface area (Å²) in [6, 6.07) is 13.4. The Bertz CT molecular complexity index is 1180. The molecule has 3 rings (SSSR count). The molecule has 1 saturated carbocycles. The fraction of sp³-hybridized carbons (Fsp3) is 0.500. The molecule has 1 N–H and O–H groups in total. The van der Waals surface area contributed by atoms with Crippen LogP contribution in [-0.2, 0) is 26.2 Å². The highest BCUT2D eigenvalue weighted by Gasteiger charge is 2.28. The minimum absolute atomic E-state index is 0.0879. The van der Waals surface area contributed by atoms with Gasteiger partial charge in [0.2, 0.25) is 21.8 Å². The molecular formula is C28H38ClN3O5S. The molecule has 208 valence electrons. The van der Waals surface area contributed by atoms with Crippen LogP contribution in [0.25, 0.3) is 0 Å². The molecule has 0 saturated heterocycles.